The standard InChI is InChI=1S/C12H16Br2/c13-11-7-1-2-8(5-7)12(11,14)10-4-3-9(11)6-10/h7-10H,1-6H2/t7-,8+,9-,10+,11?,12?. The Labute approximate surface area is 102 Å². The quantitative estimate of drug-likeness (QED) is 0.465. The minimum atomic E-state index is 0.506. The van der Waals surface area contributed by atoms with Crippen molar-refractivity contribution in [2.45, 2.75) is 47.2 Å². The molecular formula is C12H16Br2. The smallest absolute Gasteiger partial charge is 0.0472 e. The van der Waals surface area contributed by atoms with E-state index < -0.39 is 0 Å². The lowest BCUT2D eigenvalue weighted by Gasteiger charge is -2.49. The van der Waals surface area contributed by atoms with Gasteiger partial charge in [0.25, 0.3) is 0 Å². The van der Waals surface area contributed by atoms with Crippen molar-refractivity contribution in [3.05, 3.63) is 0 Å². The predicted octanol–water partition coefficient (Wildman–Crippen LogP) is 4.11. The number of hydrogen-bond donors (Lipinski definition) is 0. The molecule has 4 saturated carbocycles. The molecule has 4 fully saturated rings. The van der Waals surface area contributed by atoms with Gasteiger partial charge < -0.3 is 0 Å². The van der Waals surface area contributed by atoms with E-state index in [0.717, 1.165) is 23.7 Å². The Hall–Kier alpha value is 0.960. The second-order valence-corrected chi connectivity index (χ2v) is 8.57. The van der Waals surface area contributed by atoms with Crippen molar-refractivity contribution in [3.8, 4) is 0 Å². The summed E-state index contributed by atoms with van der Waals surface area (Å²) in [6.45, 7) is 0. The molecule has 0 heterocycles. The highest BCUT2D eigenvalue weighted by molar-refractivity contribution is 9.13. The zero-order valence-electron chi connectivity index (χ0n) is 8.31. The van der Waals surface area contributed by atoms with E-state index >= 15 is 0 Å². The summed E-state index contributed by atoms with van der Waals surface area (Å²) in [7, 11) is 0. The van der Waals surface area contributed by atoms with E-state index in [1.54, 1.807) is 0 Å². The van der Waals surface area contributed by atoms with Crippen molar-refractivity contribution in [1.29, 1.82) is 0 Å². The molecule has 4 aliphatic carbocycles. The number of halogens is 2. The number of alkyl halides is 2. The van der Waals surface area contributed by atoms with Gasteiger partial charge in [-0.1, -0.05) is 31.9 Å². The van der Waals surface area contributed by atoms with Crippen molar-refractivity contribution < 1.29 is 0 Å². The second kappa shape index (κ2) is 2.45. The van der Waals surface area contributed by atoms with E-state index in [4.69, 9.17) is 0 Å². The third kappa shape index (κ3) is 0.687. The van der Waals surface area contributed by atoms with Crippen LogP contribution in [0.3, 0.4) is 0 Å². The molecule has 0 aromatic rings. The summed E-state index contributed by atoms with van der Waals surface area (Å²) in [4.78, 5) is 0. The van der Waals surface area contributed by atoms with Crippen LogP contribution in [0.5, 0.6) is 0 Å². The van der Waals surface area contributed by atoms with Gasteiger partial charge in [-0.3, -0.25) is 0 Å². The summed E-state index contributed by atoms with van der Waals surface area (Å²) >= 11 is 8.39. The van der Waals surface area contributed by atoms with Crippen LogP contribution in [0, 0.1) is 23.7 Å². The molecule has 0 saturated heterocycles. The van der Waals surface area contributed by atoms with Crippen LogP contribution in [0.4, 0.5) is 0 Å². The third-order valence-electron chi connectivity index (χ3n) is 5.83. The lowest BCUT2D eigenvalue weighted by molar-refractivity contribution is 0.222. The van der Waals surface area contributed by atoms with Crippen LogP contribution < -0.4 is 0 Å². The molecule has 2 heteroatoms. The highest BCUT2D eigenvalue weighted by Crippen LogP contribution is 2.77. The van der Waals surface area contributed by atoms with Crippen LogP contribution in [0.2, 0.25) is 0 Å². The fourth-order valence-corrected chi connectivity index (χ4v) is 8.37. The molecule has 0 aliphatic heterocycles. The summed E-state index contributed by atoms with van der Waals surface area (Å²) < 4.78 is 1.01. The largest absolute Gasteiger partial charge is 0.0832 e. The zero-order chi connectivity index (χ0) is 9.55. The van der Waals surface area contributed by atoms with Crippen molar-refractivity contribution in [1.82, 2.24) is 0 Å². The first-order valence-electron chi connectivity index (χ1n) is 6.05. The van der Waals surface area contributed by atoms with Gasteiger partial charge in [-0.15, -0.1) is 0 Å². The maximum absolute atomic E-state index is 4.20. The molecule has 14 heavy (non-hydrogen) atoms. The first-order chi connectivity index (χ1) is 6.67. The van der Waals surface area contributed by atoms with Gasteiger partial charge in [-0.05, 0) is 62.2 Å². The SMILES string of the molecule is BrC12[C@@H]3CC[C@@H](C3)C1(Br)[C@H]1CC[C@@H]2C1. The Morgan fingerprint density at radius 3 is 1.21 bits per heavy atom. The van der Waals surface area contributed by atoms with Gasteiger partial charge in [-0.2, -0.15) is 0 Å². The third-order valence-corrected chi connectivity index (χ3v) is 10.3. The lowest BCUT2D eigenvalue weighted by Crippen LogP contribution is -2.53. The Kier molecular flexibility index (Phi) is 1.58. The normalized spacial score (nSPS) is 69.0. The fourth-order valence-electron chi connectivity index (χ4n) is 5.41. The molecule has 0 N–H and O–H groups in total. The molecule has 4 bridgehead atoms. The molecule has 4 aliphatic rings. The molecule has 4 rings (SSSR count). The maximum Gasteiger partial charge on any atom is 0.0472 e. The van der Waals surface area contributed by atoms with Crippen molar-refractivity contribution in [2.75, 3.05) is 0 Å². The fraction of sp³-hybridized carbons (Fsp3) is 1.00. The molecule has 0 aromatic carbocycles. The van der Waals surface area contributed by atoms with Gasteiger partial charge in [0, 0.05) is 8.65 Å². The van der Waals surface area contributed by atoms with E-state index in [9.17, 15) is 0 Å². The highest BCUT2D eigenvalue weighted by Gasteiger charge is 2.75. The van der Waals surface area contributed by atoms with Gasteiger partial charge in [0.2, 0.25) is 0 Å². The van der Waals surface area contributed by atoms with Gasteiger partial charge >= 0.3 is 0 Å². The van der Waals surface area contributed by atoms with E-state index in [1.165, 1.54) is 38.5 Å². The molecule has 78 valence electrons. The molecule has 0 amide bonds. The van der Waals surface area contributed by atoms with Gasteiger partial charge in [-0.25, -0.2) is 0 Å². The molecule has 0 aromatic heterocycles. The van der Waals surface area contributed by atoms with Crippen molar-refractivity contribution in [3.63, 3.8) is 0 Å². The van der Waals surface area contributed by atoms with Crippen molar-refractivity contribution in [2.24, 2.45) is 23.7 Å². The van der Waals surface area contributed by atoms with Crippen LogP contribution >= 0.6 is 31.9 Å². The van der Waals surface area contributed by atoms with E-state index in [0.29, 0.717) is 8.65 Å². The van der Waals surface area contributed by atoms with Gasteiger partial charge in [0.15, 0.2) is 0 Å². The Morgan fingerprint density at radius 1 is 0.643 bits per heavy atom. The molecule has 0 unspecified atom stereocenters. The van der Waals surface area contributed by atoms with E-state index in [2.05, 4.69) is 31.9 Å². The Bertz CT molecular complexity index is 249. The monoisotopic (exact) mass is 318 g/mol. The van der Waals surface area contributed by atoms with Crippen LogP contribution in [0.1, 0.15) is 38.5 Å². The molecule has 4 atom stereocenters. The van der Waals surface area contributed by atoms with E-state index in [1.807, 2.05) is 0 Å². The topological polar surface area (TPSA) is 0 Å². The Morgan fingerprint density at radius 2 is 0.929 bits per heavy atom. The second-order valence-electron chi connectivity index (χ2n) is 5.95. The van der Waals surface area contributed by atoms with Crippen LogP contribution in [0.25, 0.3) is 0 Å². The first kappa shape index (κ1) is 9.04. The number of fused-ring (bicyclic) bond motifs is 9. The summed E-state index contributed by atoms with van der Waals surface area (Å²) in [6.07, 6.45) is 8.98. The summed E-state index contributed by atoms with van der Waals surface area (Å²) in [6, 6.07) is 0. The zero-order valence-corrected chi connectivity index (χ0v) is 11.5. The molecule has 0 spiro atoms. The number of hydrogen-bond acceptors (Lipinski definition) is 0. The lowest BCUT2D eigenvalue weighted by atomic mass is 9.70. The maximum atomic E-state index is 4.20. The summed E-state index contributed by atoms with van der Waals surface area (Å²) in [5, 5.41) is 0. The average Bonchev–Trinajstić information content (AvgIpc) is 2.86. The minimum absolute atomic E-state index is 0.506. The van der Waals surface area contributed by atoms with Gasteiger partial charge in [0.05, 0.1) is 0 Å². The summed E-state index contributed by atoms with van der Waals surface area (Å²) in [5.41, 5.74) is 0. The van der Waals surface area contributed by atoms with Crippen LogP contribution in [-0.4, -0.2) is 8.65 Å². The van der Waals surface area contributed by atoms with Crippen LogP contribution in [0.15, 0.2) is 0 Å². The first-order valence-corrected chi connectivity index (χ1v) is 7.63. The molecule has 0 nitrogen and oxygen atoms in total. The van der Waals surface area contributed by atoms with Gasteiger partial charge in [0.1, 0.15) is 0 Å². The predicted molar refractivity (Wildman–Crippen MR) is 65.0 cm³/mol. The summed E-state index contributed by atoms with van der Waals surface area (Å²) in [5.74, 6) is 3.95. The van der Waals surface area contributed by atoms with Crippen LogP contribution in [-0.2, 0) is 0 Å². The molecule has 0 radical (unpaired) electrons. The average molecular weight is 320 g/mol. The minimum Gasteiger partial charge on any atom is -0.0832 e. The molecular weight excluding hydrogens is 304 g/mol. The number of rotatable bonds is 0. The highest BCUT2D eigenvalue weighted by atomic mass is 79.9. The van der Waals surface area contributed by atoms with Crippen molar-refractivity contribution >= 4 is 31.9 Å². The Balaban J connectivity index is 1.91. The van der Waals surface area contributed by atoms with E-state index in [-0.39, 0.29) is 0 Å².